The van der Waals surface area contributed by atoms with Crippen LogP contribution in [0.4, 0.5) is 5.13 Å². The van der Waals surface area contributed by atoms with Crippen molar-refractivity contribution in [1.29, 1.82) is 0 Å². The fourth-order valence-electron chi connectivity index (χ4n) is 3.61. The Kier molecular flexibility index (Phi) is 10.0. The zero-order valence-electron chi connectivity index (χ0n) is 18.2. The van der Waals surface area contributed by atoms with Crippen molar-refractivity contribution < 1.29 is 4.74 Å². The number of rotatable bonds is 10. The van der Waals surface area contributed by atoms with E-state index in [0.717, 1.165) is 56.2 Å². The van der Waals surface area contributed by atoms with E-state index in [0.29, 0.717) is 18.5 Å². The molecular weight excluding hydrogens is 372 g/mol. The molecule has 2 N–H and O–H groups in total. The van der Waals surface area contributed by atoms with Gasteiger partial charge in [0.2, 0.25) is 0 Å². The maximum Gasteiger partial charge on any atom is 0.191 e. The van der Waals surface area contributed by atoms with Crippen molar-refractivity contribution in [3.63, 3.8) is 0 Å². The Labute approximate surface area is 174 Å². The minimum absolute atomic E-state index is 0.502. The van der Waals surface area contributed by atoms with Gasteiger partial charge in [0.05, 0.1) is 25.5 Å². The van der Waals surface area contributed by atoms with Gasteiger partial charge < -0.3 is 20.3 Å². The molecule has 1 fully saturated rings. The van der Waals surface area contributed by atoms with Gasteiger partial charge in [-0.2, -0.15) is 0 Å². The molecule has 1 aromatic heterocycles. The van der Waals surface area contributed by atoms with E-state index in [1.54, 1.807) is 11.3 Å². The second-order valence-corrected chi connectivity index (χ2v) is 8.22. The first kappa shape index (κ1) is 22.9. The van der Waals surface area contributed by atoms with Crippen LogP contribution in [0, 0.1) is 5.92 Å². The van der Waals surface area contributed by atoms with Crippen molar-refractivity contribution in [3.8, 4) is 0 Å². The molecule has 0 aromatic carbocycles. The molecule has 0 radical (unpaired) electrons. The van der Waals surface area contributed by atoms with Crippen LogP contribution in [-0.2, 0) is 11.3 Å². The summed E-state index contributed by atoms with van der Waals surface area (Å²) in [6.45, 7) is 12.7. The van der Waals surface area contributed by atoms with Gasteiger partial charge in [0, 0.05) is 51.7 Å². The number of ether oxygens (including phenoxy) is 1. The summed E-state index contributed by atoms with van der Waals surface area (Å²) in [4.78, 5) is 14.0. The first-order chi connectivity index (χ1) is 13.6. The van der Waals surface area contributed by atoms with Gasteiger partial charge in [0.15, 0.2) is 11.1 Å². The standard InChI is InChI=1S/C20H38N6OS/c1-6-16(7-2)18(26-9-11-27-12-10-26)14-23-19(21-8-3)22-13-17-15-28-20(24-17)25(4)5/h15-16,18H,6-14H2,1-5H3,(H2,21,22,23). The highest BCUT2D eigenvalue weighted by atomic mass is 32.1. The second kappa shape index (κ2) is 12.2. The second-order valence-electron chi connectivity index (χ2n) is 7.38. The number of nitrogens with one attached hydrogen (secondary N) is 2. The van der Waals surface area contributed by atoms with E-state index in [1.807, 2.05) is 19.0 Å². The molecule has 1 saturated heterocycles. The van der Waals surface area contributed by atoms with E-state index in [9.17, 15) is 0 Å². The molecule has 2 heterocycles. The molecule has 28 heavy (non-hydrogen) atoms. The Hall–Kier alpha value is -1.38. The highest BCUT2D eigenvalue weighted by molar-refractivity contribution is 7.13. The van der Waals surface area contributed by atoms with Crippen molar-refractivity contribution >= 4 is 22.4 Å². The quantitative estimate of drug-likeness (QED) is 0.456. The third-order valence-corrected chi connectivity index (χ3v) is 6.31. The lowest BCUT2D eigenvalue weighted by molar-refractivity contribution is 0.00272. The number of hydrogen-bond acceptors (Lipinski definition) is 6. The average molecular weight is 411 g/mol. The number of thiazole rings is 1. The fourth-order valence-corrected chi connectivity index (χ4v) is 4.36. The van der Waals surface area contributed by atoms with Crippen molar-refractivity contribution in [2.45, 2.75) is 46.2 Å². The Bertz CT molecular complexity index is 581. The first-order valence-corrected chi connectivity index (χ1v) is 11.4. The smallest absolute Gasteiger partial charge is 0.191 e. The molecule has 0 aliphatic carbocycles. The minimum Gasteiger partial charge on any atom is -0.379 e. The highest BCUT2D eigenvalue weighted by Crippen LogP contribution is 2.20. The van der Waals surface area contributed by atoms with Gasteiger partial charge in [0.1, 0.15) is 0 Å². The van der Waals surface area contributed by atoms with Gasteiger partial charge in [-0.1, -0.05) is 26.7 Å². The third kappa shape index (κ3) is 6.90. The van der Waals surface area contributed by atoms with Crippen LogP contribution in [-0.4, -0.2) is 75.4 Å². The molecule has 7 nitrogen and oxygen atoms in total. The maximum absolute atomic E-state index is 5.56. The summed E-state index contributed by atoms with van der Waals surface area (Å²) >= 11 is 1.66. The van der Waals surface area contributed by atoms with Crippen LogP contribution in [0.15, 0.2) is 10.4 Å². The molecule has 0 spiro atoms. The van der Waals surface area contributed by atoms with Gasteiger partial charge in [-0.05, 0) is 12.8 Å². The van der Waals surface area contributed by atoms with Crippen LogP contribution in [0.2, 0.25) is 0 Å². The lowest BCUT2D eigenvalue weighted by Gasteiger charge is -2.39. The SMILES string of the molecule is CCNC(=NCc1csc(N(C)C)n1)NCC(C(CC)CC)N1CCOCC1. The molecule has 1 aliphatic heterocycles. The molecular formula is C20H38N6OS. The number of aliphatic imine (C=N–C) groups is 1. The molecule has 1 unspecified atom stereocenters. The summed E-state index contributed by atoms with van der Waals surface area (Å²) in [5, 5.41) is 10.1. The van der Waals surface area contributed by atoms with Crippen molar-refractivity contribution in [2.75, 3.05) is 58.4 Å². The summed E-state index contributed by atoms with van der Waals surface area (Å²) in [5.74, 6) is 1.54. The number of guanidine groups is 1. The number of anilines is 1. The van der Waals surface area contributed by atoms with Gasteiger partial charge in [-0.25, -0.2) is 9.98 Å². The zero-order chi connectivity index (χ0) is 20.4. The molecule has 1 atom stereocenters. The van der Waals surface area contributed by atoms with Gasteiger partial charge >= 0.3 is 0 Å². The van der Waals surface area contributed by atoms with Gasteiger partial charge in [-0.3, -0.25) is 4.90 Å². The molecule has 0 amide bonds. The number of nitrogens with zero attached hydrogens (tertiary/aromatic N) is 4. The third-order valence-electron chi connectivity index (χ3n) is 5.25. The van der Waals surface area contributed by atoms with E-state index in [2.05, 4.69) is 46.7 Å². The van der Waals surface area contributed by atoms with Crippen LogP contribution >= 0.6 is 11.3 Å². The van der Waals surface area contributed by atoms with Crippen molar-refractivity contribution in [3.05, 3.63) is 11.1 Å². The Balaban J connectivity index is 2.00. The van der Waals surface area contributed by atoms with Crippen LogP contribution < -0.4 is 15.5 Å². The average Bonchev–Trinajstić information content (AvgIpc) is 3.19. The Morgan fingerprint density at radius 1 is 1.25 bits per heavy atom. The molecule has 0 bridgehead atoms. The molecule has 1 aliphatic rings. The van der Waals surface area contributed by atoms with Crippen LogP contribution in [0.5, 0.6) is 0 Å². The maximum atomic E-state index is 5.56. The first-order valence-electron chi connectivity index (χ1n) is 10.5. The normalized spacial score (nSPS) is 17.0. The largest absolute Gasteiger partial charge is 0.379 e. The van der Waals surface area contributed by atoms with E-state index in [4.69, 9.17) is 9.73 Å². The molecule has 1 aromatic rings. The predicted octanol–water partition coefficient (Wildman–Crippen LogP) is 2.40. The van der Waals surface area contributed by atoms with E-state index in [-0.39, 0.29) is 0 Å². The summed E-state index contributed by atoms with van der Waals surface area (Å²) in [6, 6.07) is 0.502. The molecule has 0 saturated carbocycles. The van der Waals surface area contributed by atoms with Crippen molar-refractivity contribution in [1.82, 2.24) is 20.5 Å². The van der Waals surface area contributed by atoms with Crippen LogP contribution in [0.3, 0.4) is 0 Å². The number of hydrogen-bond donors (Lipinski definition) is 2. The predicted molar refractivity (Wildman–Crippen MR) is 120 cm³/mol. The Morgan fingerprint density at radius 2 is 1.96 bits per heavy atom. The van der Waals surface area contributed by atoms with E-state index >= 15 is 0 Å². The molecule has 160 valence electrons. The van der Waals surface area contributed by atoms with Gasteiger partial charge in [-0.15, -0.1) is 11.3 Å². The van der Waals surface area contributed by atoms with Crippen molar-refractivity contribution in [2.24, 2.45) is 10.9 Å². The summed E-state index contributed by atoms with van der Waals surface area (Å²) in [6.07, 6.45) is 2.39. The zero-order valence-corrected chi connectivity index (χ0v) is 19.0. The topological polar surface area (TPSA) is 65.0 Å². The lowest BCUT2D eigenvalue weighted by atomic mass is 9.92. The van der Waals surface area contributed by atoms with E-state index < -0.39 is 0 Å². The van der Waals surface area contributed by atoms with Gasteiger partial charge in [0.25, 0.3) is 0 Å². The summed E-state index contributed by atoms with van der Waals surface area (Å²) < 4.78 is 5.56. The highest BCUT2D eigenvalue weighted by Gasteiger charge is 2.27. The summed E-state index contributed by atoms with van der Waals surface area (Å²) in [7, 11) is 4.03. The molecule has 8 heteroatoms. The minimum atomic E-state index is 0.502. The summed E-state index contributed by atoms with van der Waals surface area (Å²) in [5.41, 5.74) is 1.01. The van der Waals surface area contributed by atoms with E-state index in [1.165, 1.54) is 12.8 Å². The molecule has 2 rings (SSSR count). The van der Waals surface area contributed by atoms with Crippen LogP contribution in [0.25, 0.3) is 0 Å². The Morgan fingerprint density at radius 3 is 2.54 bits per heavy atom. The lowest BCUT2D eigenvalue weighted by Crippen LogP contribution is -2.53. The number of aromatic nitrogens is 1. The monoisotopic (exact) mass is 410 g/mol. The fraction of sp³-hybridized carbons (Fsp3) is 0.800. The number of morpholine rings is 1. The van der Waals surface area contributed by atoms with Crippen LogP contribution in [0.1, 0.15) is 39.3 Å².